The van der Waals surface area contributed by atoms with E-state index in [2.05, 4.69) is 5.32 Å². The Labute approximate surface area is 70.5 Å². The number of nitrogens with zero attached hydrogens (tertiary/aromatic N) is 1. The van der Waals surface area contributed by atoms with Crippen molar-refractivity contribution in [3.05, 3.63) is 30.6 Å². The molecular weight excluding hydrogens is 156 g/mol. The smallest absolute Gasteiger partial charge is 0.287 e. The predicted molar refractivity (Wildman–Crippen MR) is 41.9 cm³/mol. The monoisotopic (exact) mass is 167 g/mol. The Balaban J connectivity index is 2.47. The molecule has 1 heterocycles. The number of hydrogen-bond donors (Lipinski definition) is 2. The van der Waals surface area contributed by atoms with E-state index in [1.54, 1.807) is 17.0 Å². The molecule has 0 aromatic carbocycles. The fourth-order valence-corrected chi connectivity index (χ4v) is 0.850. The molecule has 0 aliphatic carbocycles. The van der Waals surface area contributed by atoms with Gasteiger partial charge >= 0.3 is 0 Å². The number of aliphatic hydroxyl groups is 1. The Morgan fingerprint density at radius 1 is 1.33 bits per heavy atom. The second-order valence-corrected chi connectivity index (χ2v) is 2.31. The largest absolute Gasteiger partial charge is 0.376 e. The zero-order valence-electron chi connectivity index (χ0n) is 6.60. The van der Waals surface area contributed by atoms with Gasteiger partial charge in [-0.3, -0.25) is 4.79 Å². The molecule has 1 aromatic heterocycles. The first-order valence-corrected chi connectivity index (χ1v) is 3.64. The third-order valence-corrected chi connectivity index (χ3v) is 1.38. The Morgan fingerprint density at radius 3 is 2.58 bits per heavy atom. The van der Waals surface area contributed by atoms with Crippen molar-refractivity contribution in [3.8, 4) is 0 Å². The SMILES string of the molecule is O=C(C[n+]1ccccc1)NCO. The van der Waals surface area contributed by atoms with Crippen LogP contribution in [0.1, 0.15) is 0 Å². The summed E-state index contributed by atoms with van der Waals surface area (Å²) in [5, 5.41) is 10.7. The van der Waals surface area contributed by atoms with E-state index >= 15 is 0 Å². The van der Waals surface area contributed by atoms with E-state index in [4.69, 9.17) is 5.11 Å². The highest BCUT2D eigenvalue weighted by Gasteiger charge is 2.05. The molecule has 4 nitrogen and oxygen atoms in total. The summed E-state index contributed by atoms with van der Waals surface area (Å²) < 4.78 is 1.73. The number of carbonyl (C=O) groups is 1. The van der Waals surface area contributed by atoms with Crippen molar-refractivity contribution < 1.29 is 14.5 Å². The fourth-order valence-electron chi connectivity index (χ4n) is 0.850. The van der Waals surface area contributed by atoms with Gasteiger partial charge in [0.2, 0.25) is 6.54 Å². The molecule has 1 amide bonds. The second kappa shape index (κ2) is 4.46. The van der Waals surface area contributed by atoms with Gasteiger partial charge in [0, 0.05) is 12.1 Å². The van der Waals surface area contributed by atoms with Gasteiger partial charge in [-0.05, 0) is 0 Å². The lowest BCUT2D eigenvalue weighted by atomic mass is 10.4. The Bertz CT molecular complexity index is 248. The molecule has 64 valence electrons. The lowest BCUT2D eigenvalue weighted by Crippen LogP contribution is -2.42. The molecule has 0 radical (unpaired) electrons. The molecule has 4 heteroatoms. The molecule has 0 saturated carbocycles. The van der Waals surface area contributed by atoms with Gasteiger partial charge in [-0.15, -0.1) is 0 Å². The van der Waals surface area contributed by atoms with Crippen molar-refractivity contribution in [2.24, 2.45) is 0 Å². The van der Waals surface area contributed by atoms with Crippen LogP contribution in [-0.4, -0.2) is 17.7 Å². The van der Waals surface area contributed by atoms with Crippen molar-refractivity contribution in [3.63, 3.8) is 0 Å². The summed E-state index contributed by atoms with van der Waals surface area (Å²) in [7, 11) is 0. The van der Waals surface area contributed by atoms with Crippen LogP contribution in [0.15, 0.2) is 30.6 Å². The molecule has 2 N–H and O–H groups in total. The maximum atomic E-state index is 10.9. The third kappa shape index (κ3) is 2.67. The van der Waals surface area contributed by atoms with Crippen molar-refractivity contribution in [1.82, 2.24) is 5.32 Å². The van der Waals surface area contributed by atoms with Gasteiger partial charge in [-0.2, -0.15) is 4.57 Å². The first kappa shape index (κ1) is 8.67. The maximum absolute atomic E-state index is 10.9. The number of pyridine rings is 1. The first-order chi connectivity index (χ1) is 5.83. The summed E-state index contributed by atoms with van der Waals surface area (Å²) in [4.78, 5) is 10.9. The van der Waals surface area contributed by atoms with Crippen LogP contribution >= 0.6 is 0 Å². The Morgan fingerprint density at radius 2 is 2.00 bits per heavy atom. The average Bonchev–Trinajstić information content (AvgIpc) is 2.06. The van der Waals surface area contributed by atoms with Crippen molar-refractivity contribution in [1.29, 1.82) is 0 Å². The molecule has 0 saturated heterocycles. The van der Waals surface area contributed by atoms with E-state index in [1.807, 2.05) is 18.2 Å². The zero-order chi connectivity index (χ0) is 8.81. The van der Waals surface area contributed by atoms with E-state index in [0.29, 0.717) is 0 Å². The third-order valence-electron chi connectivity index (χ3n) is 1.38. The average molecular weight is 167 g/mol. The van der Waals surface area contributed by atoms with Gasteiger partial charge in [0.25, 0.3) is 5.91 Å². The minimum absolute atomic E-state index is 0.200. The summed E-state index contributed by atoms with van der Waals surface area (Å²) in [5.41, 5.74) is 0. The van der Waals surface area contributed by atoms with Gasteiger partial charge in [0.05, 0.1) is 0 Å². The summed E-state index contributed by atoms with van der Waals surface area (Å²) in [6.07, 6.45) is 3.58. The molecule has 0 aliphatic rings. The van der Waals surface area contributed by atoms with Gasteiger partial charge in [-0.25, -0.2) is 0 Å². The van der Waals surface area contributed by atoms with E-state index < -0.39 is 0 Å². The second-order valence-electron chi connectivity index (χ2n) is 2.31. The number of amides is 1. The summed E-state index contributed by atoms with van der Waals surface area (Å²) >= 11 is 0. The highest BCUT2D eigenvalue weighted by Crippen LogP contribution is 1.76. The van der Waals surface area contributed by atoms with Crippen LogP contribution in [0.2, 0.25) is 0 Å². The molecule has 1 aromatic rings. The number of aromatic nitrogens is 1. The lowest BCUT2D eigenvalue weighted by molar-refractivity contribution is -0.684. The maximum Gasteiger partial charge on any atom is 0.287 e. The fraction of sp³-hybridized carbons (Fsp3) is 0.250. The molecular formula is C8H11N2O2+. The number of rotatable bonds is 3. The van der Waals surface area contributed by atoms with Crippen LogP contribution in [0.4, 0.5) is 0 Å². The molecule has 0 unspecified atom stereocenters. The van der Waals surface area contributed by atoms with E-state index in [9.17, 15) is 4.79 Å². The number of nitrogens with one attached hydrogen (secondary N) is 1. The van der Waals surface area contributed by atoms with Gasteiger partial charge in [0.15, 0.2) is 12.4 Å². The van der Waals surface area contributed by atoms with Crippen LogP contribution in [0, 0.1) is 0 Å². The van der Waals surface area contributed by atoms with Crippen LogP contribution in [0.3, 0.4) is 0 Å². The topological polar surface area (TPSA) is 53.2 Å². The predicted octanol–water partition coefficient (Wildman–Crippen LogP) is -0.960. The van der Waals surface area contributed by atoms with Crippen molar-refractivity contribution in [2.75, 3.05) is 6.73 Å². The molecule has 0 aliphatic heterocycles. The first-order valence-electron chi connectivity index (χ1n) is 3.64. The molecule has 0 atom stereocenters. The summed E-state index contributed by atoms with van der Waals surface area (Å²) in [5.74, 6) is -0.200. The molecule has 1 rings (SSSR count). The standard InChI is InChI=1S/C8H10N2O2/c11-7-9-8(12)6-10-4-2-1-3-5-10/h1-5,11H,6-7H2/p+1. The van der Waals surface area contributed by atoms with Crippen LogP contribution < -0.4 is 9.88 Å². The van der Waals surface area contributed by atoms with Crippen LogP contribution in [-0.2, 0) is 11.3 Å². The van der Waals surface area contributed by atoms with E-state index in [1.165, 1.54) is 0 Å². The van der Waals surface area contributed by atoms with Crippen molar-refractivity contribution in [2.45, 2.75) is 6.54 Å². The van der Waals surface area contributed by atoms with E-state index in [-0.39, 0.29) is 19.2 Å². The number of aliphatic hydroxyl groups excluding tert-OH is 1. The van der Waals surface area contributed by atoms with Crippen LogP contribution in [0.25, 0.3) is 0 Å². The Hall–Kier alpha value is -1.42. The van der Waals surface area contributed by atoms with Gasteiger partial charge in [0.1, 0.15) is 6.73 Å². The summed E-state index contributed by atoms with van der Waals surface area (Å²) in [6, 6.07) is 5.55. The number of carbonyl (C=O) groups excluding carboxylic acids is 1. The molecule has 12 heavy (non-hydrogen) atoms. The summed E-state index contributed by atoms with van der Waals surface area (Å²) in [6.45, 7) is -0.0758. The minimum atomic E-state index is -0.313. The molecule has 0 fully saturated rings. The minimum Gasteiger partial charge on any atom is -0.376 e. The van der Waals surface area contributed by atoms with Crippen molar-refractivity contribution >= 4 is 5.91 Å². The molecule has 0 spiro atoms. The van der Waals surface area contributed by atoms with E-state index in [0.717, 1.165) is 0 Å². The number of hydrogen-bond acceptors (Lipinski definition) is 2. The highest BCUT2D eigenvalue weighted by atomic mass is 16.3. The highest BCUT2D eigenvalue weighted by molar-refractivity contribution is 5.74. The Kier molecular flexibility index (Phi) is 3.22. The normalized spacial score (nSPS) is 9.42. The zero-order valence-corrected chi connectivity index (χ0v) is 6.60. The van der Waals surface area contributed by atoms with Gasteiger partial charge in [-0.1, -0.05) is 6.07 Å². The van der Waals surface area contributed by atoms with Crippen LogP contribution in [0.5, 0.6) is 0 Å². The quantitative estimate of drug-likeness (QED) is 0.450. The molecule has 0 bridgehead atoms. The lowest BCUT2D eigenvalue weighted by Gasteiger charge is -1.96. The van der Waals surface area contributed by atoms with Gasteiger partial charge < -0.3 is 10.4 Å².